The highest BCUT2D eigenvalue weighted by Crippen LogP contribution is 2.20. The summed E-state index contributed by atoms with van der Waals surface area (Å²) in [5, 5.41) is 0. The lowest BCUT2D eigenvalue weighted by Crippen LogP contribution is -2.51. The maximum absolute atomic E-state index is 12.5. The van der Waals surface area contributed by atoms with Crippen LogP contribution in [0.4, 0.5) is 0 Å². The molecular weight excluding hydrogens is 380 g/mol. The molecule has 2 aromatic carbocycles. The molecule has 1 fully saturated rings. The minimum atomic E-state index is -0.0423. The van der Waals surface area contributed by atoms with Crippen molar-refractivity contribution in [1.82, 2.24) is 9.80 Å². The van der Waals surface area contributed by atoms with Crippen molar-refractivity contribution in [2.45, 2.75) is 26.7 Å². The summed E-state index contributed by atoms with van der Waals surface area (Å²) < 4.78 is 11.4. The van der Waals surface area contributed by atoms with Crippen LogP contribution in [0.1, 0.15) is 24.0 Å². The van der Waals surface area contributed by atoms with Crippen LogP contribution < -0.4 is 9.47 Å². The van der Waals surface area contributed by atoms with E-state index in [-0.39, 0.29) is 18.4 Å². The monoisotopic (exact) mass is 410 g/mol. The largest absolute Gasteiger partial charge is 0.494 e. The van der Waals surface area contributed by atoms with Gasteiger partial charge in [-0.25, -0.2) is 0 Å². The standard InChI is InChI=1S/C24H30N2O4/c1-19-8-6-11-22(20(19)2)30-18-24(28)26-15-13-25(14-16-26)23(27)12-7-17-29-21-9-4-3-5-10-21/h3-6,8-11H,7,12-18H2,1-2H3. The summed E-state index contributed by atoms with van der Waals surface area (Å²) in [6.45, 7) is 6.77. The molecule has 0 atom stereocenters. The van der Waals surface area contributed by atoms with Gasteiger partial charge in [0.05, 0.1) is 6.61 Å². The average molecular weight is 411 g/mol. The Morgan fingerprint density at radius 3 is 2.20 bits per heavy atom. The summed E-state index contributed by atoms with van der Waals surface area (Å²) in [4.78, 5) is 28.5. The van der Waals surface area contributed by atoms with Gasteiger partial charge in [-0.15, -0.1) is 0 Å². The molecule has 160 valence electrons. The molecule has 0 N–H and O–H groups in total. The molecule has 1 aliphatic heterocycles. The number of ether oxygens (including phenoxy) is 2. The Kier molecular flexibility index (Phi) is 7.71. The Morgan fingerprint density at radius 1 is 0.833 bits per heavy atom. The van der Waals surface area contributed by atoms with Gasteiger partial charge < -0.3 is 19.3 Å². The molecule has 0 aliphatic carbocycles. The topological polar surface area (TPSA) is 59.1 Å². The Labute approximate surface area is 178 Å². The van der Waals surface area contributed by atoms with E-state index in [2.05, 4.69) is 0 Å². The highest BCUT2D eigenvalue weighted by atomic mass is 16.5. The fraction of sp³-hybridized carbons (Fsp3) is 0.417. The number of carbonyl (C=O) groups excluding carboxylic acids is 2. The fourth-order valence-electron chi connectivity index (χ4n) is 3.40. The summed E-state index contributed by atoms with van der Waals surface area (Å²) in [5.41, 5.74) is 2.19. The maximum Gasteiger partial charge on any atom is 0.260 e. The van der Waals surface area contributed by atoms with E-state index in [0.29, 0.717) is 45.6 Å². The van der Waals surface area contributed by atoms with E-state index in [1.807, 2.05) is 67.3 Å². The highest BCUT2D eigenvalue weighted by molar-refractivity contribution is 5.79. The quantitative estimate of drug-likeness (QED) is 0.627. The number of amides is 2. The zero-order chi connectivity index (χ0) is 21.3. The lowest BCUT2D eigenvalue weighted by atomic mass is 10.1. The second-order valence-corrected chi connectivity index (χ2v) is 7.51. The summed E-state index contributed by atoms with van der Waals surface area (Å²) >= 11 is 0. The maximum atomic E-state index is 12.5. The van der Waals surface area contributed by atoms with Crippen LogP contribution in [0.3, 0.4) is 0 Å². The van der Waals surface area contributed by atoms with Gasteiger partial charge >= 0.3 is 0 Å². The summed E-state index contributed by atoms with van der Waals surface area (Å²) in [7, 11) is 0. The average Bonchev–Trinajstić information content (AvgIpc) is 2.78. The second kappa shape index (κ2) is 10.7. The number of para-hydroxylation sites is 1. The summed E-state index contributed by atoms with van der Waals surface area (Å²) in [6, 6.07) is 15.4. The van der Waals surface area contributed by atoms with Crippen LogP contribution in [0.2, 0.25) is 0 Å². The molecule has 2 amide bonds. The van der Waals surface area contributed by atoms with Crippen molar-refractivity contribution >= 4 is 11.8 Å². The zero-order valence-electron chi connectivity index (χ0n) is 17.8. The predicted octanol–water partition coefficient (Wildman–Crippen LogP) is 3.21. The Balaban J connectivity index is 1.35. The first-order valence-corrected chi connectivity index (χ1v) is 10.5. The van der Waals surface area contributed by atoms with E-state index in [1.165, 1.54) is 0 Å². The Hall–Kier alpha value is -3.02. The van der Waals surface area contributed by atoms with E-state index < -0.39 is 0 Å². The molecule has 1 saturated heterocycles. The first kappa shape index (κ1) is 21.7. The van der Waals surface area contributed by atoms with Crippen molar-refractivity contribution < 1.29 is 19.1 Å². The molecule has 0 bridgehead atoms. The number of hydrogen-bond donors (Lipinski definition) is 0. The molecular formula is C24H30N2O4. The van der Waals surface area contributed by atoms with Crippen molar-refractivity contribution in [3.05, 3.63) is 59.7 Å². The third-order valence-electron chi connectivity index (χ3n) is 5.44. The molecule has 0 radical (unpaired) electrons. The number of carbonyl (C=O) groups is 2. The third-order valence-corrected chi connectivity index (χ3v) is 5.44. The van der Waals surface area contributed by atoms with Crippen LogP contribution in [0, 0.1) is 13.8 Å². The van der Waals surface area contributed by atoms with Crippen LogP contribution in [0.25, 0.3) is 0 Å². The normalized spacial score (nSPS) is 13.8. The fourth-order valence-corrected chi connectivity index (χ4v) is 3.40. The van der Waals surface area contributed by atoms with E-state index in [1.54, 1.807) is 4.90 Å². The Bertz CT molecular complexity index is 846. The minimum Gasteiger partial charge on any atom is -0.494 e. The van der Waals surface area contributed by atoms with Crippen LogP contribution in [-0.2, 0) is 9.59 Å². The zero-order valence-corrected chi connectivity index (χ0v) is 17.8. The number of benzene rings is 2. The molecule has 0 saturated carbocycles. The molecule has 0 unspecified atom stereocenters. The second-order valence-electron chi connectivity index (χ2n) is 7.51. The van der Waals surface area contributed by atoms with Gasteiger partial charge in [-0.05, 0) is 49.6 Å². The lowest BCUT2D eigenvalue weighted by molar-refractivity contribution is -0.140. The molecule has 1 heterocycles. The van der Waals surface area contributed by atoms with Gasteiger partial charge in [0.1, 0.15) is 11.5 Å². The van der Waals surface area contributed by atoms with Crippen LogP contribution >= 0.6 is 0 Å². The molecule has 2 aromatic rings. The van der Waals surface area contributed by atoms with Crippen molar-refractivity contribution in [3.8, 4) is 11.5 Å². The van der Waals surface area contributed by atoms with E-state index >= 15 is 0 Å². The molecule has 3 rings (SSSR count). The summed E-state index contributed by atoms with van der Waals surface area (Å²) in [6.07, 6.45) is 1.13. The molecule has 1 aliphatic rings. The van der Waals surface area contributed by atoms with Crippen molar-refractivity contribution in [2.75, 3.05) is 39.4 Å². The minimum absolute atomic E-state index is 0.0229. The predicted molar refractivity (Wildman–Crippen MR) is 116 cm³/mol. The smallest absolute Gasteiger partial charge is 0.260 e. The lowest BCUT2D eigenvalue weighted by Gasteiger charge is -2.34. The molecule has 0 spiro atoms. The molecule has 0 aromatic heterocycles. The van der Waals surface area contributed by atoms with Gasteiger partial charge in [-0.1, -0.05) is 30.3 Å². The molecule has 6 heteroatoms. The number of hydrogen-bond acceptors (Lipinski definition) is 4. The van der Waals surface area contributed by atoms with Crippen LogP contribution in [0.5, 0.6) is 11.5 Å². The van der Waals surface area contributed by atoms with Gasteiger partial charge in [-0.2, -0.15) is 0 Å². The van der Waals surface area contributed by atoms with Crippen molar-refractivity contribution in [2.24, 2.45) is 0 Å². The number of aryl methyl sites for hydroxylation is 1. The first-order chi connectivity index (χ1) is 14.5. The SMILES string of the molecule is Cc1cccc(OCC(=O)N2CCN(C(=O)CCCOc3ccccc3)CC2)c1C. The van der Waals surface area contributed by atoms with Crippen molar-refractivity contribution in [3.63, 3.8) is 0 Å². The van der Waals surface area contributed by atoms with Crippen LogP contribution in [0.15, 0.2) is 48.5 Å². The van der Waals surface area contributed by atoms with Crippen molar-refractivity contribution in [1.29, 1.82) is 0 Å². The van der Waals surface area contributed by atoms with Gasteiger partial charge in [0.25, 0.3) is 5.91 Å². The number of rotatable bonds is 8. The van der Waals surface area contributed by atoms with Gasteiger partial charge in [0, 0.05) is 32.6 Å². The summed E-state index contributed by atoms with van der Waals surface area (Å²) in [5.74, 6) is 1.64. The van der Waals surface area contributed by atoms with E-state index in [0.717, 1.165) is 22.6 Å². The molecule has 6 nitrogen and oxygen atoms in total. The third kappa shape index (κ3) is 5.99. The first-order valence-electron chi connectivity index (χ1n) is 10.5. The highest BCUT2D eigenvalue weighted by Gasteiger charge is 2.24. The van der Waals surface area contributed by atoms with E-state index in [4.69, 9.17) is 9.47 Å². The Morgan fingerprint density at radius 2 is 1.50 bits per heavy atom. The van der Waals surface area contributed by atoms with Gasteiger partial charge in [0.15, 0.2) is 6.61 Å². The molecule has 30 heavy (non-hydrogen) atoms. The van der Waals surface area contributed by atoms with Gasteiger partial charge in [0.2, 0.25) is 5.91 Å². The number of nitrogens with zero attached hydrogens (tertiary/aromatic N) is 2. The van der Waals surface area contributed by atoms with Gasteiger partial charge in [-0.3, -0.25) is 9.59 Å². The number of piperazine rings is 1. The van der Waals surface area contributed by atoms with E-state index in [9.17, 15) is 9.59 Å². The van der Waals surface area contributed by atoms with Crippen LogP contribution in [-0.4, -0.2) is 61.0 Å².